The van der Waals surface area contributed by atoms with Crippen molar-refractivity contribution in [2.75, 3.05) is 33.1 Å². The van der Waals surface area contributed by atoms with E-state index in [2.05, 4.69) is 25.5 Å². The van der Waals surface area contributed by atoms with Crippen LogP contribution in [0.25, 0.3) is 0 Å². The number of ether oxygens (including phenoxy) is 1. The number of hydrogen-bond donors (Lipinski definition) is 2. The molecule has 0 aliphatic rings. The maximum Gasteiger partial charge on any atom is 0.251 e. The van der Waals surface area contributed by atoms with Crippen molar-refractivity contribution in [1.29, 1.82) is 0 Å². The van der Waals surface area contributed by atoms with Crippen LogP contribution in [-0.2, 0) is 0 Å². The molecule has 1 heterocycles. The van der Waals surface area contributed by atoms with Crippen molar-refractivity contribution < 1.29 is 9.53 Å². The molecule has 0 saturated carbocycles. The molecule has 0 aliphatic carbocycles. The van der Waals surface area contributed by atoms with Crippen molar-refractivity contribution in [3.05, 3.63) is 78.1 Å². The summed E-state index contributed by atoms with van der Waals surface area (Å²) in [7, 11) is 5.62. The molecule has 150 valence electrons. The van der Waals surface area contributed by atoms with Crippen LogP contribution in [0.3, 0.4) is 0 Å². The van der Waals surface area contributed by atoms with Gasteiger partial charge >= 0.3 is 0 Å². The minimum Gasteiger partial charge on any atom is -0.497 e. The van der Waals surface area contributed by atoms with Gasteiger partial charge in [-0.25, -0.2) is 9.97 Å². The zero-order valence-electron chi connectivity index (χ0n) is 16.8. The van der Waals surface area contributed by atoms with Crippen molar-refractivity contribution >= 4 is 17.5 Å². The van der Waals surface area contributed by atoms with Gasteiger partial charge in [0, 0.05) is 30.2 Å². The molecule has 0 unspecified atom stereocenters. The van der Waals surface area contributed by atoms with Gasteiger partial charge in [-0.3, -0.25) is 4.79 Å². The average Bonchev–Trinajstić information content (AvgIpc) is 2.74. The van der Waals surface area contributed by atoms with Crippen molar-refractivity contribution in [2.45, 2.75) is 6.04 Å². The second-order valence-electron chi connectivity index (χ2n) is 6.74. The number of aromatic nitrogens is 2. The number of amides is 1. The standard InChI is InChI=1S/C22H25N5O2/c1-27(2)20(16-7-5-10-19(14-16)29-3)15-25-21(28)17-8-4-9-18(13-17)26-22-23-11-6-12-24-22/h4-14,20H,15H2,1-3H3,(H,25,28)(H,23,24,26)/t20-/m1/s1. The summed E-state index contributed by atoms with van der Waals surface area (Å²) in [5.41, 5.74) is 2.39. The fourth-order valence-electron chi connectivity index (χ4n) is 2.97. The molecule has 1 aromatic heterocycles. The molecule has 7 heteroatoms. The van der Waals surface area contributed by atoms with Gasteiger partial charge in [-0.1, -0.05) is 18.2 Å². The number of nitrogens with zero attached hydrogens (tertiary/aromatic N) is 3. The molecule has 0 radical (unpaired) electrons. The van der Waals surface area contributed by atoms with Gasteiger partial charge in [0.15, 0.2) is 0 Å². The molecule has 2 aromatic carbocycles. The van der Waals surface area contributed by atoms with E-state index in [0.717, 1.165) is 17.0 Å². The van der Waals surface area contributed by atoms with Gasteiger partial charge in [-0.15, -0.1) is 0 Å². The quantitative estimate of drug-likeness (QED) is 0.614. The molecular weight excluding hydrogens is 366 g/mol. The van der Waals surface area contributed by atoms with E-state index in [1.807, 2.05) is 50.5 Å². The highest BCUT2D eigenvalue weighted by Crippen LogP contribution is 2.22. The molecular formula is C22H25N5O2. The van der Waals surface area contributed by atoms with Gasteiger partial charge in [-0.05, 0) is 56.1 Å². The lowest BCUT2D eigenvalue weighted by Gasteiger charge is -2.25. The highest BCUT2D eigenvalue weighted by Gasteiger charge is 2.17. The molecule has 29 heavy (non-hydrogen) atoms. The Labute approximate surface area is 170 Å². The molecule has 7 nitrogen and oxygen atoms in total. The molecule has 0 saturated heterocycles. The molecule has 2 N–H and O–H groups in total. The van der Waals surface area contributed by atoms with E-state index < -0.39 is 0 Å². The predicted molar refractivity (Wildman–Crippen MR) is 114 cm³/mol. The predicted octanol–water partition coefficient (Wildman–Crippen LogP) is 3.26. The average molecular weight is 391 g/mol. The normalized spacial score (nSPS) is 11.7. The number of nitrogens with one attached hydrogen (secondary N) is 2. The second kappa shape index (κ2) is 9.66. The van der Waals surface area contributed by atoms with Crippen LogP contribution in [-0.4, -0.2) is 48.5 Å². The molecule has 0 aliphatic heterocycles. The number of anilines is 2. The van der Waals surface area contributed by atoms with E-state index in [1.54, 1.807) is 37.7 Å². The highest BCUT2D eigenvalue weighted by atomic mass is 16.5. The van der Waals surface area contributed by atoms with Crippen LogP contribution < -0.4 is 15.4 Å². The zero-order valence-corrected chi connectivity index (χ0v) is 16.8. The van der Waals surface area contributed by atoms with E-state index in [1.165, 1.54) is 0 Å². The summed E-state index contributed by atoms with van der Waals surface area (Å²) in [4.78, 5) is 23.1. The minimum atomic E-state index is -0.141. The lowest BCUT2D eigenvalue weighted by Crippen LogP contribution is -2.34. The van der Waals surface area contributed by atoms with E-state index >= 15 is 0 Å². The first-order chi connectivity index (χ1) is 14.1. The number of hydrogen-bond acceptors (Lipinski definition) is 6. The first kappa shape index (κ1) is 20.3. The number of likely N-dealkylation sites (N-methyl/N-ethyl adjacent to an activating group) is 1. The lowest BCUT2D eigenvalue weighted by molar-refractivity contribution is 0.0942. The van der Waals surface area contributed by atoms with Crippen LogP contribution in [0.2, 0.25) is 0 Å². The summed E-state index contributed by atoms with van der Waals surface area (Å²) in [6.07, 6.45) is 3.32. The Kier molecular flexibility index (Phi) is 6.76. The molecule has 0 bridgehead atoms. The lowest BCUT2D eigenvalue weighted by atomic mass is 10.1. The third-order valence-corrected chi connectivity index (χ3v) is 4.50. The highest BCUT2D eigenvalue weighted by molar-refractivity contribution is 5.95. The first-order valence-corrected chi connectivity index (χ1v) is 9.29. The molecule has 1 atom stereocenters. The Morgan fingerprint density at radius 2 is 1.83 bits per heavy atom. The molecule has 0 spiro atoms. The fourth-order valence-corrected chi connectivity index (χ4v) is 2.97. The van der Waals surface area contributed by atoms with Crippen LogP contribution in [0.15, 0.2) is 67.0 Å². The van der Waals surface area contributed by atoms with Crippen molar-refractivity contribution in [3.8, 4) is 5.75 Å². The van der Waals surface area contributed by atoms with Gasteiger partial charge in [0.25, 0.3) is 5.91 Å². The van der Waals surface area contributed by atoms with Gasteiger partial charge in [0.2, 0.25) is 5.95 Å². The number of carbonyl (C=O) groups excluding carboxylic acids is 1. The number of methoxy groups -OCH3 is 1. The number of benzene rings is 2. The van der Waals surface area contributed by atoms with Gasteiger partial charge < -0.3 is 20.3 Å². The number of carbonyl (C=O) groups is 1. The first-order valence-electron chi connectivity index (χ1n) is 9.29. The maximum absolute atomic E-state index is 12.7. The second-order valence-corrected chi connectivity index (χ2v) is 6.74. The summed E-state index contributed by atoms with van der Waals surface area (Å²) < 4.78 is 5.32. The Balaban J connectivity index is 1.68. The Morgan fingerprint density at radius 1 is 1.07 bits per heavy atom. The summed E-state index contributed by atoms with van der Waals surface area (Å²) >= 11 is 0. The van der Waals surface area contributed by atoms with Crippen molar-refractivity contribution in [3.63, 3.8) is 0 Å². The minimum absolute atomic E-state index is 0.0214. The third kappa shape index (κ3) is 5.52. The van der Waals surface area contributed by atoms with Gasteiger partial charge in [-0.2, -0.15) is 0 Å². The van der Waals surface area contributed by atoms with Crippen LogP contribution in [0.4, 0.5) is 11.6 Å². The van der Waals surface area contributed by atoms with Crippen LogP contribution in [0.5, 0.6) is 5.75 Å². The topological polar surface area (TPSA) is 79.4 Å². The summed E-state index contributed by atoms with van der Waals surface area (Å²) in [5.74, 6) is 1.13. The van der Waals surface area contributed by atoms with E-state index in [0.29, 0.717) is 18.1 Å². The van der Waals surface area contributed by atoms with E-state index in [9.17, 15) is 4.79 Å². The van der Waals surface area contributed by atoms with Crippen molar-refractivity contribution in [2.24, 2.45) is 0 Å². The van der Waals surface area contributed by atoms with Crippen LogP contribution in [0.1, 0.15) is 22.0 Å². The molecule has 3 rings (SSSR count). The third-order valence-electron chi connectivity index (χ3n) is 4.50. The summed E-state index contributed by atoms with van der Waals surface area (Å²) in [6.45, 7) is 0.471. The summed E-state index contributed by atoms with van der Waals surface area (Å²) in [5, 5.41) is 6.12. The number of rotatable bonds is 8. The van der Waals surface area contributed by atoms with Gasteiger partial charge in [0.05, 0.1) is 13.2 Å². The van der Waals surface area contributed by atoms with Crippen LogP contribution in [0, 0.1) is 0 Å². The molecule has 0 fully saturated rings. The SMILES string of the molecule is COc1cccc([C@@H](CNC(=O)c2cccc(Nc3ncccn3)c2)N(C)C)c1. The monoisotopic (exact) mass is 391 g/mol. The van der Waals surface area contributed by atoms with E-state index in [-0.39, 0.29) is 11.9 Å². The smallest absolute Gasteiger partial charge is 0.251 e. The Hall–Kier alpha value is -3.45. The zero-order chi connectivity index (χ0) is 20.6. The Bertz CT molecular complexity index is 947. The van der Waals surface area contributed by atoms with Crippen molar-refractivity contribution in [1.82, 2.24) is 20.2 Å². The fraction of sp³-hybridized carbons (Fsp3) is 0.227. The van der Waals surface area contributed by atoms with E-state index in [4.69, 9.17) is 4.74 Å². The molecule has 1 amide bonds. The van der Waals surface area contributed by atoms with Gasteiger partial charge in [0.1, 0.15) is 5.75 Å². The van der Waals surface area contributed by atoms with Crippen LogP contribution >= 0.6 is 0 Å². The maximum atomic E-state index is 12.7. The largest absolute Gasteiger partial charge is 0.497 e. The molecule has 3 aromatic rings. The summed E-state index contributed by atoms with van der Waals surface area (Å²) in [6, 6.07) is 16.9. The Morgan fingerprint density at radius 3 is 2.55 bits per heavy atom.